The van der Waals surface area contributed by atoms with Crippen LogP contribution in [0.4, 0.5) is 0 Å². The Bertz CT molecular complexity index is 658. The minimum atomic E-state index is -0.562. The normalized spacial score (nSPS) is 19.0. The van der Waals surface area contributed by atoms with E-state index in [4.69, 9.17) is 16.9 Å². The van der Waals surface area contributed by atoms with Crippen LogP contribution in [0.1, 0.15) is 44.2 Å². The molecular formula is C19H29N5O2. The lowest BCUT2D eigenvalue weighted by Gasteiger charge is -2.28. The fourth-order valence-corrected chi connectivity index (χ4v) is 3.10. The number of carbonyl (C=O) groups excluding carboxylic acids is 2. The van der Waals surface area contributed by atoms with Crippen molar-refractivity contribution in [1.82, 2.24) is 10.2 Å². The Balaban J connectivity index is 1.95. The molecule has 7 nitrogen and oxygen atoms in total. The van der Waals surface area contributed by atoms with Gasteiger partial charge in [-0.15, -0.1) is 0 Å². The molecule has 142 valence electrons. The first-order valence-electron chi connectivity index (χ1n) is 9.12. The number of carbonyl (C=O) groups is 2. The van der Waals surface area contributed by atoms with E-state index in [0.717, 1.165) is 18.4 Å². The Labute approximate surface area is 154 Å². The second kappa shape index (κ2) is 8.80. The van der Waals surface area contributed by atoms with E-state index in [1.807, 2.05) is 26.0 Å². The molecule has 1 heterocycles. The summed E-state index contributed by atoms with van der Waals surface area (Å²) in [6.45, 7) is 4.91. The fourth-order valence-electron chi connectivity index (χ4n) is 3.10. The molecule has 7 heteroatoms. The average molecular weight is 359 g/mol. The number of likely N-dealkylation sites (tertiary alicyclic amines) is 1. The summed E-state index contributed by atoms with van der Waals surface area (Å²) in [5.41, 5.74) is 13.1. The van der Waals surface area contributed by atoms with Crippen LogP contribution in [0.25, 0.3) is 0 Å². The second-order valence-corrected chi connectivity index (χ2v) is 6.93. The van der Waals surface area contributed by atoms with Gasteiger partial charge in [-0.1, -0.05) is 44.5 Å². The fraction of sp³-hybridized carbons (Fsp3) is 0.526. The third kappa shape index (κ3) is 4.60. The van der Waals surface area contributed by atoms with Gasteiger partial charge >= 0.3 is 0 Å². The van der Waals surface area contributed by atoms with E-state index >= 15 is 0 Å². The molecule has 2 rings (SSSR count). The number of nitrogen functional groups attached to an aromatic ring is 1. The van der Waals surface area contributed by atoms with Crippen LogP contribution in [-0.4, -0.2) is 41.2 Å². The van der Waals surface area contributed by atoms with E-state index < -0.39 is 12.1 Å². The zero-order valence-corrected chi connectivity index (χ0v) is 15.5. The molecule has 6 N–H and O–H groups in total. The van der Waals surface area contributed by atoms with Crippen LogP contribution in [-0.2, 0) is 16.1 Å². The highest BCUT2D eigenvalue weighted by Crippen LogP contribution is 2.20. The maximum atomic E-state index is 12.6. The number of hydrogen-bond donors (Lipinski definition) is 4. The van der Waals surface area contributed by atoms with E-state index in [1.54, 1.807) is 17.0 Å². The average Bonchev–Trinajstić information content (AvgIpc) is 3.14. The van der Waals surface area contributed by atoms with Crippen LogP contribution in [0.2, 0.25) is 0 Å². The van der Waals surface area contributed by atoms with Crippen molar-refractivity contribution in [2.75, 3.05) is 6.54 Å². The van der Waals surface area contributed by atoms with Crippen LogP contribution < -0.4 is 16.8 Å². The van der Waals surface area contributed by atoms with Gasteiger partial charge in [0, 0.05) is 18.7 Å². The van der Waals surface area contributed by atoms with Gasteiger partial charge < -0.3 is 21.7 Å². The quantitative estimate of drug-likeness (QED) is 0.427. The summed E-state index contributed by atoms with van der Waals surface area (Å²) in [6, 6.07) is 6.14. The molecule has 1 aliphatic heterocycles. The molecule has 3 atom stereocenters. The van der Waals surface area contributed by atoms with Gasteiger partial charge in [-0.25, -0.2) is 0 Å². The monoisotopic (exact) mass is 359 g/mol. The summed E-state index contributed by atoms with van der Waals surface area (Å²) in [6.07, 6.45) is 2.30. The number of amidine groups is 1. The summed E-state index contributed by atoms with van der Waals surface area (Å²) < 4.78 is 0. The van der Waals surface area contributed by atoms with Gasteiger partial charge in [0.15, 0.2) is 0 Å². The highest BCUT2D eigenvalue weighted by Gasteiger charge is 2.37. The van der Waals surface area contributed by atoms with Gasteiger partial charge in [0.1, 0.15) is 11.9 Å². The van der Waals surface area contributed by atoms with E-state index in [9.17, 15) is 9.59 Å². The molecule has 26 heavy (non-hydrogen) atoms. The summed E-state index contributed by atoms with van der Waals surface area (Å²) in [7, 11) is 0. The lowest BCUT2D eigenvalue weighted by atomic mass is 9.98. The van der Waals surface area contributed by atoms with E-state index in [-0.39, 0.29) is 23.6 Å². The predicted molar refractivity (Wildman–Crippen MR) is 101 cm³/mol. The molecule has 0 saturated carbocycles. The lowest BCUT2D eigenvalue weighted by Crippen LogP contribution is -2.52. The molecule has 0 bridgehead atoms. The minimum absolute atomic E-state index is 0.0124. The molecule has 1 fully saturated rings. The third-order valence-corrected chi connectivity index (χ3v) is 5.11. The molecule has 0 spiro atoms. The van der Waals surface area contributed by atoms with Gasteiger partial charge in [-0.2, -0.15) is 0 Å². The maximum Gasteiger partial charge on any atom is 0.243 e. The van der Waals surface area contributed by atoms with Gasteiger partial charge in [0.05, 0.1) is 6.04 Å². The molecule has 1 saturated heterocycles. The van der Waals surface area contributed by atoms with Gasteiger partial charge in [-0.3, -0.25) is 15.0 Å². The van der Waals surface area contributed by atoms with Crippen molar-refractivity contribution in [3.8, 4) is 0 Å². The zero-order chi connectivity index (χ0) is 19.3. The van der Waals surface area contributed by atoms with Crippen molar-refractivity contribution < 1.29 is 9.59 Å². The number of benzene rings is 1. The summed E-state index contributed by atoms with van der Waals surface area (Å²) in [4.78, 5) is 26.8. The summed E-state index contributed by atoms with van der Waals surface area (Å²) in [5.74, 6) is -0.185. The molecule has 1 aromatic rings. The van der Waals surface area contributed by atoms with Crippen LogP contribution in [0.3, 0.4) is 0 Å². The number of rotatable bonds is 7. The van der Waals surface area contributed by atoms with E-state index in [2.05, 4.69) is 5.32 Å². The van der Waals surface area contributed by atoms with Crippen molar-refractivity contribution in [1.29, 1.82) is 5.41 Å². The highest BCUT2D eigenvalue weighted by atomic mass is 16.2. The van der Waals surface area contributed by atoms with Crippen molar-refractivity contribution in [3.63, 3.8) is 0 Å². The zero-order valence-electron chi connectivity index (χ0n) is 15.5. The third-order valence-electron chi connectivity index (χ3n) is 5.11. The first kappa shape index (κ1) is 19.9. The topological polar surface area (TPSA) is 125 Å². The number of nitrogens with one attached hydrogen (secondary N) is 2. The Kier molecular flexibility index (Phi) is 6.74. The van der Waals surface area contributed by atoms with Crippen molar-refractivity contribution in [2.45, 2.75) is 51.7 Å². The van der Waals surface area contributed by atoms with Crippen LogP contribution in [0, 0.1) is 11.3 Å². The van der Waals surface area contributed by atoms with Crippen molar-refractivity contribution in [2.24, 2.45) is 17.4 Å². The van der Waals surface area contributed by atoms with E-state index in [1.165, 1.54) is 0 Å². The Morgan fingerprint density at radius 1 is 1.35 bits per heavy atom. The molecule has 0 unspecified atom stereocenters. The molecule has 1 aromatic carbocycles. The largest absolute Gasteiger partial charge is 0.384 e. The molecule has 1 aliphatic rings. The molecule has 0 aromatic heterocycles. The van der Waals surface area contributed by atoms with Crippen LogP contribution >= 0.6 is 0 Å². The Morgan fingerprint density at radius 3 is 2.58 bits per heavy atom. The second-order valence-electron chi connectivity index (χ2n) is 6.93. The minimum Gasteiger partial charge on any atom is -0.384 e. The number of nitrogens with zero attached hydrogens (tertiary/aromatic N) is 1. The number of nitrogens with two attached hydrogens (primary N) is 2. The molecule has 2 amide bonds. The standard InChI is InChI=1S/C19H29N5O2/c1-3-12(2)16(20)19(26)24-10-4-5-15(24)18(25)23-11-13-6-8-14(9-7-13)17(21)22/h6-9,12,15-16H,3-5,10-11,20H2,1-2H3,(H3,21,22)(H,23,25)/t12-,15+,16-/m1/s1. The predicted octanol–water partition coefficient (Wildman–Crippen LogP) is 0.951. The number of hydrogen-bond acceptors (Lipinski definition) is 4. The SMILES string of the molecule is CC[C@@H](C)[C@@H](N)C(=O)N1CCC[C@H]1C(=O)NCc1ccc(C(=N)N)cc1. The number of amides is 2. The van der Waals surface area contributed by atoms with Gasteiger partial charge in [-0.05, 0) is 24.3 Å². The molecule has 0 radical (unpaired) electrons. The molecule has 0 aliphatic carbocycles. The van der Waals surface area contributed by atoms with Crippen LogP contribution in [0.15, 0.2) is 24.3 Å². The molecular weight excluding hydrogens is 330 g/mol. The Morgan fingerprint density at radius 2 is 2.00 bits per heavy atom. The highest BCUT2D eigenvalue weighted by molar-refractivity contribution is 5.95. The first-order valence-corrected chi connectivity index (χ1v) is 9.12. The smallest absolute Gasteiger partial charge is 0.243 e. The summed E-state index contributed by atoms with van der Waals surface area (Å²) >= 11 is 0. The lowest BCUT2D eigenvalue weighted by molar-refractivity contribution is -0.140. The van der Waals surface area contributed by atoms with Gasteiger partial charge in [0.2, 0.25) is 11.8 Å². The maximum absolute atomic E-state index is 12.6. The van der Waals surface area contributed by atoms with E-state index in [0.29, 0.717) is 25.1 Å². The first-order chi connectivity index (χ1) is 12.3. The van der Waals surface area contributed by atoms with Crippen molar-refractivity contribution in [3.05, 3.63) is 35.4 Å². The van der Waals surface area contributed by atoms with Crippen LogP contribution in [0.5, 0.6) is 0 Å². The summed E-state index contributed by atoms with van der Waals surface area (Å²) in [5, 5.41) is 10.3. The van der Waals surface area contributed by atoms with Gasteiger partial charge in [0.25, 0.3) is 0 Å². The Hall–Kier alpha value is -2.41. The van der Waals surface area contributed by atoms with Crippen molar-refractivity contribution >= 4 is 17.6 Å².